The van der Waals surface area contributed by atoms with Crippen LogP contribution in [0, 0.1) is 0 Å². The third kappa shape index (κ3) is 4.14. The Morgan fingerprint density at radius 2 is 2.05 bits per heavy atom. The second-order valence-electron chi connectivity index (χ2n) is 4.59. The molecule has 2 rings (SSSR count). The Morgan fingerprint density at radius 1 is 1.32 bits per heavy atom. The quantitative estimate of drug-likeness (QED) is 0.831. The molecule has 1 aromatic carbocycles. The van der Waals surface area contributed by atoms with Crippen molar-refractivity contribution >= 4 is 39.1 Å². The van der Waals surface area contributed by atoms with Gasteiger partial charge in [0.05, 0.1) is 10.6 Å². The van der Waals surface area contributed by atoms with Gasteiger partial charge in [-0.05, 0) is 25.1 Å². The van der Waals surface area contributed by atoms with Gasteiger partial charge < -0.3 is 10.0 Å². The first-order chi connectivity index (χ1) is 10.5. The molecule has 1 aromatic heterocycles. The molecule has 0 spiro atoms. The first kappa shape index (κ1) is 16.6. The fourth-order valence-electron chi connectivity index (χ4n) is 2.03. The third-order valence-electron chi connectivity index (χ3n) is 3.14. The summed E-state index contributed by atoms with van der Waals surface area (Å²) in [7, 11) is 0. The van der Waals surface area contributed by atoms with Gasteiger partial charge in [-0.1, -0.05) is 15.9 Å². The lowest BCUT2D eigenvalue weighted by Gasteiger charge is -2.20. The fraction of sp³-hybridized carbons (Fsp3) is 0.267. The molecule has 0 aliphatic rings. The molecule has 116 valence electrons. The highest BCUT2D eigenvalue weighted by Gasteiger charge is 2.17. The molecule has 1 heterocycles. The van der Waals surface area contributed by atoms with E-state index in [1.54, 1.807) is 28.5 Å². The van der Waals surface area contributed by atoms with Crippen LogP contribution in [0.3, 0.4) is 0 Å². The number of aromatic carboxylic acids is 1. The van der Waals surface area contributed by atoms with Gasteiger partial charge in [0.2, 0.25) is 0 Å². The Morgan fingerprint density at radius 3 is 2.64 bits per heavy atom. The van der Waals surface area contributed by atoms with Crippen molar-refractivity contribution < 1.29 is 14.7 Å². The van der Waals surface area contributed by atoms with Gasteiger partial charge in [0.1, 0.15) is 0 Å². The molecule has 0 saturated heterocycles. The molecule has 0 aliphatic carbocycles. The number of halogens is 1. The number of thiazole rings is 1. The molecule has 0 bridgehead atoms. The smallest absolute Gasteiger partial charge is 0.335 e. The van der Waals surface area contributed by atoms with Crippen LogP contribution in [0.15, 0.2) is 34.2 Å². The topological polar surface area (TPSA) is 70.5 Å². The van der Waals surface area contributed by atoms with Crippen molar-refractivity contribution in [3.05, 3.63) is 50.4 Å². The number of hydrogen-bond donors (Lipinski definition) is 1. The summed E-state index contributed by atoms with van der Waals surface area (Å²) in [6.45, 7) is 3.01. The molecule has 1 amide bonds. The minimum atomic E-state index is -1.05. The Labute approximate surface area is 140 Å². The number of carboxylic acid groups (broad SMARTS) is 1. The molecule has 0 radical (unpaired) electrons. The van der Waals surface area contributed by atoms with Gasteiger partial charge in [-0.15, -0.1) is 11.3 Å². The summed E-state index contributed by atoms with van der Waals surface area (Å²) in [6.07, 6.45) is 2.43. The van der Waals surface area contributed by atoms with Crippen LogP contribution in [0.1, 0.15) is 32.6 Å². The Balaban J connectivity index is 2.15. The molecule has 1 N–H and O–H groups in total. The maximum Gasteiger partial charge on any atom is 0.335 e. The molecule has 2 aromatic rings. The van der Waals surface area contributed by atoms with E-state index in [0.29, 0.717) is 29.5 Å². The van der Waals surface area contributed by atoms with Crippen LogP contribution in [-0.2, 0) is 6.42 Å². The number of nitrogens with zero attached hydrogens (tertiary/aromatic N) is 2. The summed E-state index contributed by atoms with van der Waals surface area (Å²) in [5.41, 5.74) is 0.460. The molecule has 5 nitrogen and oxygen atoms in total. The number of likely N-dealkylation sites (N-methyl/N-ethyl adjacent to an activating group) is 1. The van der Waals surface area contributed by atoms with Crippen LogP contribution in [0.2, 0.25) is 0 Å². The standard InChI is InChI=1S/C15H15BrN2O3S/c1-2-18(5-3-13-17-4-6-22-13)14(19)10-7-11(15(20)21)9-12(16)8-10/h4,6-9H,2-3,5H2,1H3,(H,20,21). The normalized spacial score (nSPS) is 10.5. The summed E-state index contributed by atoms with van der Waals surface area (Å²) in [5, 5.41) is 12.0. The van der Waals surface area contributed by atoms with E-state index in [1.807, 2.05) is 12.3 Å². The van der Waals surface area contributed by atoms with Gasteiger partial charge in [-0.3, -0.25) is 4.79 Å². The number of amides is 1. The van der Waals surface area contributed by atoms with E-state index >= 15 is 0 Å². The minimum Gasteiger partial charge on any atom is -0.478 e. The second-order valence-corrected chi connectivity index (χ2v) is 6.49. The van der Waals surface area contributed by atoms with Crippen LogP contribution >= 0.6 is 27.3 Å². The summed E-state index contributed by atoms with van der Waals surface area (Å²) in [5.74, 6) is -1.23. The van der Waals surface area contributed by atoms with Crippen molar-refractivity contribution in [3.8, 4) is 0 Å². The number of carbonyl (C=O) groups is 2. The van der Waals surface area contributed by atoms with Gasteiger partial charge in [0.15, 0.2) is 0 Å². The van der Waals surface area contributed by atoms with Crippen LogP contribution in [0.5, 0.6) is 0 Å². The van der Waals surface area contributed by atoms with Crippen LogP contribution in [0.4, 0.5) is 0 Å². The first-order valence-electron chi connectivity index (χ1n) is 6.72. The van der Waals surface area contributed by atoms with Gasteiger partial charge in [0, 0.05) is 41.1 Å². The van der Waals surface area contributed by atoms with E-state index < -0.39 is 5.97 Å². The van der Waals surface area contributed by atoms with Crippen molar-refractivity contribution in [1.82, 2.24) is 9.88 Å². The Bertz CT molecular complexity index is 673. The highest BCUT2D eigenvalue weighted by molar-refractivity contribution is 9.10. The molecular formula is C15H15BrN2O3S. The SMILES string of the molecule is CCN(CCc1nccs1)C(=O)c1cc(Br)cc(C(=O)O)c1. The summed E-state index contributed by atoms with van der Waals surface area (Å²) in [6, 6.07) is 4.52. The van der Waals surface area contributed by atoms with E-state index in [-0.39, 0.29) is 11.5 Å². The highest BCUT2D eigenvalue weighted by atomic mass is 79.9. The number of aromatic nitrogens is 1. The predicted molar refractivity (Wildman–Crippen MR) is 88.5 cm³/mol. The van der Waals surface area contributed by atoms with E-state index in [1.165, 1.54) is 12.1 Å². The van der Waals surface area contributed by atoms with E-state index in [2.05, 4.69) is 20.9 Å². The largest absolute Gasteiger partial charge is 0.478 e. The molecule has 0 saturated carbocycles. The van der Waals surface area contributed by atoms with Crippen molar-refractivity contribution in [2.75, 3.05) is 13.1 Å². The lowest BCUT2D eigenvalue weighted by Crippen LogP contribution is -2.32. The summed E-state index contributed by atoms with van der Waals surface area (Å²) in [4.78, 5) is 29.5. The van der Waals surface area contributed by atoms with Gasteiger partial charge in [-0.25, -0.2) is 9.78 Å². The van der Waals surface area contributed by atoms with Gasteiger partial charge in [0.25, 0.3) is 5.91 Å². The molecule has 0 fully saturated rings. The average Bonchev–Trinajstić information content (AvgIpc) is 3.00. The molecular weight excluding hydrogens is 368 g/mol. The lowest BCUT2D eigenvalue weighted by molar-refractivity contribution is 0.0697. The average molecular weight is 383 g/mol. The molecule has 7 heteroatoms. The predicted octanol–water partition coefficient (Wildman–Crippen LogP) is 3.31. The van der Waals surface area contributed by atoms with E-state index in [0.717, 1.165) is 5.01 Å². The summed E-state index contributed by atoms with van der Waals surface area (Å²) >= 11 is 4.81. The van der Waals surface area contributed by atoms with Crippen LogP contribution < -0.4 is 0 Å². The monoisotopic (exact) mass is 382 g/mol. The Kier molecular flexibility index (Phi) is 5.68. The number of benzene rings is 1. The fourth-order valence-corrected chi connectivity index (χ4v) is 3.13. The third-order valence-corrected chi connectivity index (χ3v) is 4.44. The number of rotatable bonds is 6. The maximum atomic E-state index is 12.6. The van der Waals surface area contributed by atoms with E-state index in [9.17, 15) is 9.59 Å². The van der Waals surface area contributed by atoms with Crippen molar-refractivity contribution in [1.29, 1.82) is 0 Å². The first-order valence-corrected chi connectivity index (χ1v) is 8.40. The number of carboxylic acids is 1. The number of carbonyl (C=O) groups excluding carboxylic acids is 1. The minimum absolute atomic E-state index is 0.0914. The van der Waals surface area contributed by atoms with E-state index in [4.69, 9.17) is 5.11 Å². The molecule has 0 unspecified atom stereocenters. The zero-order valence-electron chi connectivity index (χ0n) is 12.0. The van der Waals surface area contributed by atoms with Gasteiger partial charge in [-0.2, -0.15) is 0 Å². The highest BCUT2D eigenvalue weighted by Crippen LogP contribution is 2.18. The zero-order chi connectivity index (χ0) is 16.1. The molecule has 0 atom stereocenters. The van der Waals surface area contributed by atoms with Crippen LogP contribution in [-0.4, -0.2) is 40.0 Å². The number of hydrogen-bond acceptors (Lipinski definition) is 4. The molecule has 22 heavy (non-hydrogen) atoms. The second kappa shape index (κ2) is 7.51. The van der Waals surface area contributed by atoms with Crippen molar-refractivity contribution in [2.45, 2.75) is 13.3 Å². The van der Waals surface area contributed by atoms with Crippen molar-refractivity contribution in [2.24, 2.45) is 0 Å². The summed E-state index contributed by atoms with van der Waals surface area (Å²) < 4.78 is 0.576. The Hall–Kier alpha value is -1.73. The zero-order valence-corrected chi connectivity index (χ0v) is 14.4. The van der Waals surface area contributed by atoms with Gasteiger partial charge >= 0.3 is 5.97 Å². The maximum absolute atomic E-state index is 12.6. The van der Waals surface area contributed by atoms with Crippen LogP contribution in [0.25, 0.3) is 0 Å². The molecule has 0 aliphatic heterocycles. The van der Waals surface area contributed by atoms with Crippen molar-refractivity contribution in [3.63, 3.8) is 0 Å². The lowest BCUT2D eigenvalue weighted by atomic mass is 10.1.